The summed E-state index contributed by atoms with van der Waals surface area (Å²) in [7, 11) is 0. The lowest BCUT2D eigenvalue weighted by Gasteiger charge is -2.30. The van der Waals surface area contributed by atoms with Gasteiger partial charge in [-0.25, -0.2) is 4.79 Å². The minimum absolute atomic E-state index is 0.160. The van der Waals surface area contributed by atoms with E-state index in [1.807, 2.05) is 30.3 Å². The minimum Gasteiger partial charge on any atom is -0.455 e. The highest BCUT2D eigenvalue weighted by Gasteiger charge is 2.35. The molecule has 0 saturated carbocycles. The van der Waals surface area contributed by atoms with Crippen molar-refractivity contribution < 1.29 is 33.7 Å². The Kier molecular flexibility index (Phi) is 9.12. The molecule has 0 bridgehead atoms. The first-order valence-electron chi connectivity index (χ1n) is 8.31. The summed E-state index contributed by atoms with van der Waals surface area (Å²) in [6, 6.07) is 9.10. The van der Waals surface area contributed by atoms with Gasteiger partial charge < -0.3 is 19.3 Å². The van der Waals surface area contributed by atoms with Gasteiger partial charge in [0.25, 0.3) is 5.79 Å². The third-order valence-corrected chi connectivity index (χ3v) is 3.20. The molecule has 1 N–H and O–H groups in total. The van der Waals surface area contributed by atoms with Crippen molar-refractivity contribution in [3.8, 4) is 0 Å². The molecule has 0 aliphatic rings. The van der Waals surface area contributed by atoms with Crippen LogP contribution in [0.3, 0.4) is 0 Å². The van der Waals surface area contributed by atoms with E-state index >= 15 is 0 Å². The van der Waals surface area contributed by atoms with Crippen molar-refractivity contribution in [1.82, 2.24) is 0 Å². The number of ether oxygens (including phenoxy) is 3. The molecule has 146 valence electrons. The fourth-order valence-electron chi connectivity index (χ4n) is 1.96. The number of hydrogen-bond acceptors (Lipinski definition) is 7. The number of aliphatic hydroxyl groups excluding tert-OH is 1. The molecule has 0 spiro atoms. The van der Waals surface area contributed by atoms with Crippen molar-refractivity contribution in [3.05, 3.63) is 54.1 Å². The van der Waals surface area contributed by atoms with E-state index < -0.39 is 30.8 Å². The van der Waals surface area contributed by atoms with Crippen molar-refractivity contribution in [2.45, 2.75) is 26.1 Å². The minimum atomic E-state index is -1.80. The number of carbonyl (C=O) groups is 3. The van der Waals surface area contributed by atoms with Gasteiger partial charge in [-0.3, -0.25) is 9.59 Å². The number of hydrogen-bond donors (Lipinski definition) is 1. The topological polar surface area (TPSA) is 99.1 Å². The highest BCUT2D eigenvalue weighted by molar-refractivity contribution is 5.94. The maximum absolute atomic E-state index is 12.0. The number of carbonyl (C=O) groups excluding carboxylic acids is 3. The lowest BCUT2D eigenvalue weighted by Crippen LogP contribution is -2.42. The van der Waals surface area contributed by atoms with Crippen LogP contribution in [0.4, 0.5) is 0 Å². The summed E-state index contributed by atoms with van der Waals surface area (Å²) in [5.41, 5.74) is 0.941. The van der Waals surface area contributed by atoms with E-state index in [9.17, 15) is 14.4 Å². The van der Waals surface area contributed by atoms with Crippen molar-refractivity contribution >= 4 is 23.8 Å². The molecule has 0 heterocycles. The first kappa shape index (κ1) is 22.3. The van der Waals surface area contributed by atoms with E-state index in [4.69, 9.17) is 19.3 Å². The molecule has 0 saturated heterocycles. The molecular weight excluding hydrogens is 352 g/mol. The van der Waals surface area contributed by atoms with E-state index in [2.05, 4.69) is 6.58 Å². The van der Waals surface area contributed by atoms with E-state index in [0.717, 1.165) is 5.56 Å². The molecule has 1 rings (SSSR count). The number of ketones is 1. The summed E-state index contributed by atoms with van der Waals surface area (Å²) in [6.07, 6.45) is 2.56. The second kappa shape index (κ2) is 11.1. The van der Waals surface area contributed by atoms with E-state index in [1.54, 1.807) is 6.08 Å². The van der Waals surface area contributed by atoms with Crippen LogP contribution in [-0.2, 0) is 28.6 Å². The molecule has 1 atom stereocenters. The summed E-state index contributed by atoms with van der Waals surface area (Å²) in [6.45, 7) is 5.21. The van der Waals surface area contributed by atoms with Gasteiger partial charge >= 0.3 is 11.9 Å². The van der Waals surface area contributed by atoms with E-state index in [-0.39, 0.29) is 24.6 Å². The smallest absolute Gasteiger partial charge is 0.333 e. The average molecular weight is 376 g/mol. The van der Waals surface area contributed by atoms with E-state index in [1.165, 1.54) is 19.9 Å². The van der Waals surface area contributed by atoms with Crippen LogP contribution in [0.2, 0.25) is 0 Å². The zero-order chi connectivity index (χ0) is 20.3. The Balaban J connectivity index is 3.13. The Labute approximate surface area is 158 Å². The van der Waals surface area contributed by atoms with Crippen LogP contribution in [0.1, 0.15) is 25.8 Å². The Morgan fingerprint density at radius 1 is 1.19 bits per heavy atom. The van der Waals surface area contributed by atoms with Gasteiger partial charge in [-0.05, 0) is 25.5 Å². The molecule has 27 heavy (non-hydrogen) atoms. The van der Waals surface area contributed by atoms with Crippen molar-refractivity contribution in [3.63, 3.8) is 0 Å². The fraction of sp³-hybridized carbons (Fsp3) is 0.350. The zero-order valence-corrected chi connectivity index (χ0v) is 15.5. The molecule has 0 radical (unpaired) electrons. The molecule has 1 aromatic carbocycles. The number of aliphatic hydroxyl groups is 1. The lowest BCUT2D eigenvalue weighted by molar-refractivity contribution is -0.228. The summed E-state index contributed by atoms with van der Waals surface area (Å²) in [5, 5.41) is 9.09. The third kappa shape index (κ3) is 8.44. The van der Waals surface area contributed by atoms with Gasteiger partial charge in [0.15, 0.2) is 6.61 Å². The normalized spacial score (nSPS) is 13.0. The van der Waals surface area contributed by atoms with Gasteiger partial charge in [-0.15, -0.1) is 0 Å². The van der Waals surface area contributed by atoms with Crippen LogP contribution >= 0.6 is 0 Å². The number of rotatable bonds is 11. The second-order valence-electron chi connectivity index (χ2n) is 5.84. The molecule has 0 aromatic heterocycles. The number of esters is 2. The van der Waals surface area contributed by atoms with Gasteiger partial charge in [-0.1, -0.05) is 43.0 Å². The SMILES string of the molecule is C=C(C)C(=O)OCC(C=Cc1ccccc1)(OCCO)OC(=O)CC(C)=O. The van der Waals surface area contributed by atoms with Crippen LogP contribution in [0, 0.1) is 0 Å². The summed E-state index contributed by atoms with van der Waals surface area (Å²) in [4.78, 5) is 35.0. The fourth-order valence-corrected chi connectivity index (χ4v) is 1.96. The molecule has 0 fully saturated rings. The lowest BCUT2D eigenvalue weighted by atomic mass is 10.1. The quantitative estimate of drug-likeness (QED) is 0.273. The third-order valence-electron chi connectivity index (χ3n) is 3.20. The van der Waals surface area contributed by atoms with Gasteiger partial charge in [0, 0.05) is 5.57 Å². The molecule has 7 heteroatoms. The van der Waals surface area contributed by atoms with Crippen LogP contribution < -0.4 is 0 Å². The van der Waals surface area contributed by atoms with Crippen molar-refractivity contribution in [2.24, 2.45) is 0 Å². The molecule has 7 nitrogen and oxygen atoms in total. The maximum Gasteiger partial charge on any atom is 0.333 e. The predicted octanol–water partition coefficient (Wildman–Crippen LogP) is 2.05. The molecule has 0 aliphatic heterocycles. The monoisotopic (exact) mass is 376 g/mol. The Bertz CT molecular complexity index is 694. The molecule has 1 aromatic rings. The Hall–Kier alpha value is -2.77. The largest absolute Gasteiger partial charge is 0.455 e. The van der Waals surface area contributed by atoms with Crippen LogP contribution in [0.25, 0.3) is 6.08 Å². The zero-order valence-electron chi connectivity index (χ0n) is 15.5. The van der Waals surface area contributed by atoms with Crippen molar-refractivity contribution in [2.75, 3.05) is 19.8 Å². The summed E-state index contributed by atoms with van der Waals surface area (Å²) < 4.78 is 15.9. The van der Waals surface area contributed by atoms with Crippen LogP contribution in [-0.4, -0.2) is 48.4 Å². The number of benzene rings is 1. The van der Waals surface area contributed by atoms with E-state index in [0.29, 0.717) is 0 Å². The highest BCUT2D eigenvalue weighted by atomic mass is 16.7. The average Bonchev–Trinajstić information content (AvgIpc) is 2.62. The number of Topliss-reactive ketones (excluding diaryl/α,β-unsaturated/α-hetero) is 1. The first-order chi connectivity index (χ1) is 12.8. The predicted molar refractivity (Wildman–Crippen MR) is 98.4 cm³/mol. The molecule has 0 aliphatic carbocycles. The molecular formula is C20H24O7. The summed E-state index contributed by atoms with van der Waals surface area (Å²) >= 11 is 0. The highest BCUT2D eigenvalue weighted by Crippen LogP contribution is 2.20. The first-order valence-corrected chi connectivity index (χ1v) is 8.31. The van der Waals surface area contributed by atoms with Crippen LogP contribution in [0.15, 0.2) is 48.6 Å². The standard InChI is InChI=1S/C20H24O7/c1-15(2)19(24)25-14-20(26-12-11-21,27-18(23)13-16(3)22)10-9-17-7-5-4-6-8-17/h4-10,21H,1,11-14H2,2-3H3. The maximum atomic E-state index is 12.0. The molecule has 0 amide bonds. The van der Waals surface area contributed by atoms with Crippen molar-refractivity contribution in [1.29, 1.82) is 0 Å². The van der Waals surface area contributed by atoms with Gasteiger partial charge in [0.05, 0.1) is 13.2 Å². The van der Waals surface area contributed by atoms with Gasteiger partial charge in [0.1, 0.15) is 12.2 Å². The molecule has 1 unspecified atom stereocenters. The summed E-state index contributed by atoms with van der Waals surface area (Å²) in [5.74, 6) is -3.72. The second-order valence-corrected chi connectivity index (χ2v) is 5.84. The Morgan fingerprint density at radius 2 is 1.85 bits per heavy atom. The van der Waals surface area contributed by atoms with Gasteiger partial charge in [0.2, 0.25) is 0 Å². The van der Waals surface area contributed by atoms with Crippen LogP contribution in [0.5, 0.6) is 0 Å². The van der Waals surface area contributed by atoms with Gasteiger partial charge in [-0.2, -0.15) is 0 Å². The Morgan fingerprint density at radius 3 is 2.41 bits per heavy atom.